The summed E-state index contributed by atoms with van der Waals surface area (Å²) >= 11 is 0. The molecule has 1 atom stereocenters. The van der Waals surface area contributed by atoms with Crippen molar-refractivity contribution in [3.05, 3.63) is 12.7 Å². The van der Waals surface area contributed by atoms with Crippen LogP contribution in [0.2, 0.25) is 0 Å². The van der Waals surface area contributed by atoms with E-state index in [4.69, 9.17) is 0 Å². The lowest BCUT2D eigenvalue weighted by molar-refractivity contribution is 0.650. The molecule has 0 aromatic rings. The first-order valence-corrected chi connectivity index (χ1v) is 5.40. The van der Waals surface area contributed by atoms with Crippen LogP contribution in [0.5, 0.6) is 0 Å². The monoisotopic (exact) mass is 181 g/mol. The van der Waals surface area contributed by atoms with Crippen LogP contribution >= 0.6 is 0 Å². The summed E-state index contributed by atoms with van der Waals surface area (Å²) in [4.78, 5) is 4.55. The second kappa shape index (κ2) is 8.03. The van der Waals surface area contributed by atoms with Gasteiger partial charge in [0, 0.05) is 5.71 Å². The zero-order valence-corrected chi connectivity index (χ0v) is 9.34. The van der Waals surface area contributed by atoms with Gasteiger partial charge in [0.25, 0.3) is 0 Å². The fourth-order valence-corrected chi connectivity index (χ4v) is 1.52. The van der Waals surface area contributed by atoms with Crippen LogP contribution in [0, 0.1) is 5.92 Å². The van der Waals surface area contributed by atoms with E-state index in [1.165, 1.54) is 25.0 Å². The van der Waals surface area contributed by atoms with E-state index in [2.05, 4.69) is 32.3 Å². The molecule has 0 spiro atoms. The van der Waals surface area contributed by atoms with Gasteiger partial charge in [-0.15, -0.1) is 6.58 Å². The molecule has 0 aliphatic carbocycles. The van der Waals surface area contributed by atoms with Crippen LogP contribution in [0.25, 0.3) is 0 Å². The fourth-order valence-electron chi connectivity index (χ4n) is 1.52. The third-order valence-corrected chi connectivity index (χ3v) is 2.22. The Morgan fingerprint density at radius 2 is 2.08 bits per heavy atom. The Bertz CT molecular complexity index is 159. The molecule has 0 radical (unpaired) electrons. The molecule has 13 heavy (non-hydrogen) atoms. The Kier molecular flexibility index (Phi) is 7.66. The van der Waals surface area contributed by atoms with E-state index in [9.17, 15) is 0 Å². The summed E-state index contributed by atoms with van der Waals surface area (Å²) in [7, 11) is 0. The van der Waals surface area contributed by atoms with Crippen molar-refractivity contribution < 1.29 is 0 Å². The molecule has 0 saturated carbocycles. The van der Waals surface area contributed by atoms with Gasteiger partial charge in [-0.3, -0.25) is 4.99 Å². The standard InChI is InChI=1S/C12H23N/c1-5-8-11(4)12(9-6-2)13-10-7-3/h7,11H,3,5-6,8-10H2,1-2,4H3. The predicted molar refractivity (Wildman–Crippen MR) is 61.5 cm³/mol. The van der Waals surface area contributed by atoms with Gasteiger partial charge in [0.1, 0.15) is 0 Å². The molecule has 0 aliphatic heterocycles. The average Bonchev–Trinajstić information content (AvgIpc) is 2.12. The van der Waals surface area contributed by atoms with E-state index in [0.29, 0.717) is 5.92 Å². The highest BCUT2D eigenvalue weighted by molar-refractivity contribution is 5.86. The average molecular weight is 181 g/mol. The van der Waals surface area contributed by atoms with Gasteiger partial charge in [0.2, 0.25) is 0 Å². The van der Waals surface area contributed by atoms with Crippen molar-refractivity contribution in [2.24, 2.45) is 10.9 Å². The van der Waals surface area contributed by atoms with Gasteiger partial charge in [-0.1, -0.05) is 39.7 Å². The molecule has 0 fully saturated rings. The van der Waals surface area contributed by atoms with Crippen molar-refractivity contribution in [2.45, 2.75) is 46.5 Å². The molecule has 1 nitrogen and oxygen atoms in total. The quantitative estimate of drug-likeness (QED) is 0.418. The lowest BCUT2D eigenvalue weighted by atomic mass is 9.97. The van der Waals surface area contributed by atoms with Gasteiger partial charge in [0.05, 0.1) is 6.54 Å². The molecule has 0 amide bonds. The molecule has 1 heteroatoms. The summed E-state index contributed by atoms with van der Waals surface area (Å²) in [6.07, 6.45) is 6.72. The zero-order valence-electron chi connectivity index (χ0n) is 9.34. The van der Waals surface area contributed by atoms with Crippen LogP contribution < -0.4 is 0 Å². The third-order valence-electron chi connectivity index (χ3n) is 2.22. The van der Waals surface area contributed by atoms with E-state index < -0.39 is 0 Å². The second-order valence-electron chi connectivity index (χ2n) is 3.56. The first-order chi connectivity index (χ1) is 6.26. The minimum absolute atomic E-state index is 0.657. The molecule has 0 rings (SSSR count). The lowest BCUT2D eigenvalue weighted by Gasteiger charge is -2.12. The Hall–Kier alpha value is -0.590. The Morgan fingerprint density at radius 1 is 1.38 bits per heavy atom. The van der Waals surface area contributed by atoms with Crippen molar-refractivity contribution in [1.29, 1.82) is 0 Å². The highest BCUT2D eigenvalue weighted by Crippen LogP contribution is 2.11. The normalized spacial score (nSPS) is 14.2. The van der Waals surface area contributed by atoms with Crippen LogP contribution in [0.4, 0.5) is 0 Å². The molecule has 0 aromatic carbocycles. The van der Waals surface area contributed by atoms with Crippen LogP contribution in [-0.4, -0.2) is 12.3 Å². The summed E-state index contributed by atoms with van der Waals surface area (Å²) in [5.74, 6) is 0.657. The minimum Gasteiger partial charge on any atom is -0.290 e. The van der Waals surface area contributed by atoms with Crippen LogP contribution in [0.1, 0.15) is 46.5 Å². The third kappa shape index (κ3) is 5.62. The molecule has 0 aliphatic rings. The Labute approximate surface area is 83.0 Å². The zero-order chi connectivity index (χ0) is 10.1. The summed E-state index contributed by atoms with van der Waals surface area (Å²) in [6.45, 7) is 11.2. The predicted octanol–water partition coefficient (Wildman–Crippen LogP) is 3.85. The number of aliphatic imine (C=N–C) groups is 1. The summed E-state index contributed by atoms with van der Waals surface area (Å²) in [5, 5.41) is 0. The van der Waals surface area contributed by atoms with E-state index in [0.717, 1.165) is 13.0 Å². The van der Waals surface area contributed by atoms with Crippen LogP contribution in [0.15, 0.2) is 17.6 Å². The fraction of sp³-hybridized carbons (Fsp3) is 0.750. The van der Waals surface area contributed by atoms with Crippen molar-refractivity contribution in [2.75, 3.05) is 6.54 Å². The van der Waals surface area contributed by atoms with E-state index in [-0.39, 0.29) is 0 Å². The van der Waals surface area contributed by atoms with Gasteiger partial charge in [-0.2, -0.15) is 0 Å². The molecular weight excluding hydrogens is 158 g/mol. The van der Waals surface area contributed by atoms with Gasteiger partial charge >= 0.3 is 0 Å². The molecule has 0 aromatic heterocycles. The number of hydrogen-bond donors (Lipinski definition) is 0. The summed E-state index contributed by atoms with van der Waals surface area (Å²) < 4.78 is 0. The molecule has 0 N–H and O–H groups in total. The van der Waals surface area contributed by atoms with Crippen molar-refractivity contribution in [3.8, 4) is 0 Å². The minimum atomic E-state index is 0.657. The van der Waals surface area contributed by atoms with Crippen molar-refractivity contribution >= 4 is 5.71 Å². The van der Waals surface area contributed by atoms with Gasteiger partial charge < -0.3 is 0 Å². The smallest absolute Gasteiger partial charge is 0.0567 e. The summed E-state index contributed by atoms with van der Waals surface area (Å²) in [6, 6.07) is 0. The van der Waals surface area contributed by atoms with Crippen LogP contribution in [-0.2, 0) is 0 Å². The largest absolute Gasteiger partial charge is 0.290 e. The number of rotatable bonds is 7. The van der Waals surface area contributed by atoms with E-state index in [1.54, 1.807) is 0 Å². The maximum absolute atomic E-state index is 4.55. The summed E-state index contributed by atoms with van der Waals surface area (Å²) in [5.41, 5.74) is 1.38. The number of nitrogens with zero attached hydrogens (tertiary/aromatic N) is 1. The second-order valence-corrected chi connectivity index (χ2v) is 3.56. The maximum atomic E-state index is 4.55. The van der Waals surface area contributed by atoms with E-state index in [1.807, 2.05) is 6.08 Å². The van der Waals surface area contributed by atoms with Gasteiger partial charge in [-0.05, 0) is 18.8 Å². The topological polar surface area (TPSA) is 12.4 Å². The molecule has 76 valence electrons. The number of hydrogen-bond acceptors (Lipinski definition) is 1. The molecular formula is C12H23N. The molecule has 0 bridgehead atoms. The van der Waals surface area contributed by atoms with Gasteiger partial charge in [0.15, 0.2) is 0 Å². The SMILES string of the molecule is C=CCN=C(CCC)C(C)CCC. The first-order valence-electron chi connectivity index (χ1n) is 5.40. The Morgan fingerprint density at radius 3 is 2.54 bits per heavy atom. The first kappa shape index (κ1) is 12.4. The molecule has 1 unspecified atom stereocenters. The molecule has 0 heterocycles. The van der Waals surface area contributed by atoms with Gasteiger partial charge in [-0.25, -0.2) is 0 Å². The maximum Gasteiger partial charge on any atom is 0.0567 e. The highest BCUT2D eigenvalue weighted by atomic mass is 14.7. The van der Waals surface area contributed by atoms with Crippen molar-refractivity contribution in [3.63, 3.8) is 0 Å². The highest BCUT2D eigenvalue weighted by Gasteiger charge is 2.07. The molecule has 0 saturated heterocycles. The van der Waals surface area contributed by atoms with Crippen molar-refractivity contribution in [1.82, 2.24) is 0 Å². The van der Waals surface area contributed by atoms with Crippen LogP contribution in [0.3, 0.4) is 0 Å². The Balaban J connectivity index is 4.12. The lowest BCUT2D eigenvalue weighted by Crippen LogP contribution is -2.11. The van der Waals surface area contributed by atoms with E-state index >= 15 is 0 Å².